The second-order valence-electron chi connectivity index (χ2n) is 9.99. The largest absolute Gasteiger partial charge is 0.454 e. The maximum atomic E-state index is 13.4. The van der Waals surface area contributed by atoms with Crippen molar-refractivity contribution in [2.24, 2.45) is 5.92 Å². The molecular formula is C27H37N2O3+. The van der Waals surface area contributed by atoms with E-state index >= 15 is 0 Å². The number of hydrogen-bond acceptors (Lipinski definition) is 4. The molecule has 2 heterocycles. The second kappa shape index (κ2) is 10.1. The van der Waals surface area contributed by atoms with Gasteiger partial charge in [0.1, 0.15) is 6.54 Å². The van der Waals surface area contributed by atoms with Gasteiger partial charge in [0.25, 0.3) is 0 Å². The quantitative estimate of drug-likeness (QED) is 0.496. The fourth-order valence-electron chi connectivity index (χ4n) is 5.69. The van der Waals surface area contributed by atoms with Crippen molar-refractivity contribution in [3.05, 3.63) is 66.0 Å². The van der Waals surface area contributed by atoms with Crippen LogP contribution >= 0.6 is 0 Å². The number of nitrogens with zero attached hydrogens (tertiary/aromatic N) is 2. The molecule has 2 aliphatic rings. The molecule has 3 atom stereocenters. The van der Waals surface area contributed by atoms with Crippen LogP contribution in [-0.4, -0.2) is 53.3 Å². The van der Waals surface area contributed by atoms with Crippen LogP contribution in [0.3, 0.4) is 0 Å². The van der Waals surface area contributed by atoms with E-state index in [0.717, 1.165) is 75.5 Å². The summed E-state index contributed by atoms with van der Waals surface area (Å²) in [6, 6.07) is 13.6. The van der Waals surface area contributed by atoms with Crippen LogP contribution in [0.5, 0.6) is 0 Å². The molecule has 0 spiro atoms. The van der Waals surface area contributed by atoms with Gasteiger partial charge in [0.15, 0.2) is 11.7 Å². The summed E-state index contributed by atoms with van der Waals surface area (Å²) in [6.45, 7) is 2.98. The minimum Gasteiger partial charge on any atom is -0.454 e. The lowest BCUT2D eigenvalue weighted by Gasteiger charge is -2.42. The van der Waals surface area contributed by atoms with E-state index in [2.05, 4.69) is 24.2 Å². The van der Waals surface area contributed by atoms with E-state index in [1.807, 2.05) is 42.7 Å². The molecule has 5 heteroatoms. The van der Waals surface area contributed by atoms with Crippen molar-refractivity contribution in [3.63, 3.8) is 0 Å². The molecule has 4 rings (SSSR count). The first-order valence-electron chi connectivity index (χ1n) is 12.2. The van der Waals surface area contributed by atoms with Gasteiger partial charge < -0.3 is 14.3 Å². The van der Waals surface area contributed by atoms with Crippen LogP contribution in [0.4, 0.5) is 0 Å². The number of rotatable bonds is 8. The Hall–Kier alpha value is -2.24. The van der Waals surface area contributed by atoms with Crippen LogP contribution in [0.2, 0.25) is 0 Å². The highest BCUT2D eigenvalue weighted by molar-refractivity contribution is 5.81. The number of hydrogen-bond donors (Lipinski definition) is 1. The van der Waals surface area contributed by atoms with Crippen molar-refractivity contribution in [3.8, 4) is 0 Å². The third-order valence-corrected chi connectivity index (χ3v) is 7.53. The summed E-state index contributed by atoms with van der Waals surface area (Å²) in [6.07, 6.45) is 11.5. The zero-order valence-electron chi connectivity index (χ0n) is 19.3. The van der Waals surface area contributed by atoms with Crippen molar-refractivity contribution in [2.45, 2.75) is 63.1 Å². The highest BCUT2D eigenvalue weighted by Gasteiger charge is 2.49. The van der Waals surface area contributed by atoms with Gasteiger partial charge in [0, 0.05) is 31.2 Å². The fraction of sp³-hybridized carbons (Fsp3) is 0.556. The first-order chi connectivity index (χ1) is 15.5. The summed E-state index contributed by atoms with van der Waals surface area (Å²) in [5.41, 5.74) is 0.443. The van der Waals surface area contributed by atoms with Crippen LogP contribution in [0.1, 0.15) is 56.1 Å². The molecule has 1 N–H and O–H groups in total. The molecule has 2 fully saturated rings. The van der Waals surface area contributed by atoms with Crippen molar-refractivity contribution in [2.75, 3.05) is 26.7 Å². The number of pyridine rings is 1. The van der Waals surface area contributed by atoms with Crippen LogP contribution in [0, 0.1) is 5.92 Å². The number of benzene rings is 1. The Bertz CT molecular complexity index is 869. The lowest BCUT2D eigenvalue weighted by molar-refractivity contribution is -0.917. The van der Waals surface area contributed by atoms with E-state index < -0.39 is 11.6 Å². The average molecular weight is 438 g/mol. The second-order valence-corrected chi connectivity index (χ2v) is 9.99. The Morgan fingerprint density at radius 3 is 2.53 bits per heavy atom. The summed E-state index contributed by atoms with van der Waals surface area (Å²) >= 11 is 0. The molecule has 0 bridgehead atoms. The third kappa shape index (κ3) is 5.21. The lowest BCUT2D eigenvalue weighted by Crippen LogP contribution is -2.55. The topological polar surface area (TPSA) is 59.4 Å². The fourth-order valence-corrected chi connectivity index (χ4v) is 5.69. The first-order valence-corrected chi connectivity index (χ1v) is 12.2. The molecule has 32 heavy (non-hydrogen) atoms. The van der Waals surface area contributed by atoms with Crippen LogP contribution < -0.4 is 0 Å². The summed E-state index contributed by atoms with van der Waals surface area (Å²) in [4.78, 5) is 17.5. The third-order valence-electron chi connectivity index (χ3n) is 7.53. The number of likely N-dealkylation sites (N-methyl/N-ethyl adjacent to an activating group) is 1. The zero-order chi connectivity index (χ0) is 22.4. The molecule has 5 nitrogen and oxygen atoms in total. The molecule has 1 aromatic carbocycles. The van der Waals surface area contributed by atoms with Gasteiger partial charge in [0.05, 0.1) is 20.1 Å². The molecule has 2 aromatic rings. The lowest BCUT2D eigenvalue weighted by atomic mass is 9.80. The van der Waals surface area contributed by atoms with Crippen molar-refractivity contribution >= 4 is 5.97 Å². The smallest absolute Gasteiger partial charge is 0.343 e. The molecular weight excluding hydrogens is 400 g/mol. The number of carbonyl (C=O) groups is 1. The zero-order valence-corrected chi connectivity index (χ0v) is 19.3. The monoisotopic (exact) mass is 437 g/mol. The first kappa shape index (κ1) is 22.9. The van der Waals surface area contributed by atoms with Gasteiger partial charge >= 0.3 is 5.97 Å². The Morgan fingerprint density at radius 2 is 1.81 bits per heavy atom. The van der Waals surface area contributed by atoms with E-state index in [4.69, 9.17) is 4.74 Å². The van der Waals surface area contributed by atoms with Gasteiger partial charge in [-0.15, -0.1) is 0 Å². The standard InChI is InChI=1S/C27H37N2O3/c1-29(19-7-9-22-15-17-28-18-16-22)20-8-14-25(21-29)32-26(30)27(31,24-12-5-6-13-24)23-10-3-2-4-11-23/h2-4,10-11,15-18,24-25,31H,5-9,12-14,19-21H2,1H3/q+1. The number of ether oxygens (including phenoxy) is 1. The van der Waals surface area contributed by atoms with E-state index in [1.54, 1.807) is 0 Å². The predicted octanol–water partition coefficient (Wildman–Crippen LogP) is 4.24. The summed E-state index contributed by atoms with van der Waals surface area (Å²) < 4.78 is 6.98. The summed E-state index contributed by atoms with van der Waals surface area (Å²) in [5.74, 6) is -0.520. The van der Waals surface area contributed by atoms with Gasteiger partial charge in [-0.2, -0.15) is 0 Å². The number of aryl methyl sites for hydroxylation is 1. The summed E-state index contributed by atoms with van der Waals surface area (Å²) in [5, 5.41) is 11.7. The highest BCUT2D eigenvalue weighted by atomic mass is 16.6. The van der Waals surface area contributed by atoms with Gasteiger partial charge in [-0.3, -0.25) is 4.98 Å². The van der Waals surface area contributed by atoms with Crippen LogP contribution in [-0.2, 0) is 21.6 Å². The van der Waals surface area contributed by atoms with Crippen molar-refractivity contribution in [1.82, 2.24) is 4.98 Å². The van der Waals surface area contributed by atoms with Gasteiger partial charge in [-0.05, 0) is 48.9 Å². The molecule has 1 aliphatic carbocycles. The van der Waals surface area contributed by atoms with Crippen LogP contribution in [0.15, 0.2) is 54.9 Å². The number of esters is 1. The molecule has 1 saturated carbocycles. The van der Waals surface area contributed by atoms with E-state index in [0.29, 0.717) is 5.56 Å². The predicted molar refractivity (Wildman–Crippen MR) is 125 cm³/mol. The highest BCUT2D eigenvalue weighted by Crippen LogP contribution is 2.42. The van der Waals surface area contributed by atoms with Gasteiger partial charge in [-0.25, -0.2) is 4.79 Å². The number of aromatic nitrogens is 1. The molecule has 0 radical (unpaired) electrons. The molecule has 1 saturated heterocycles. The molecule has 172 valence electrons. The minimum absolute atomic E-state index is 0.0674. The summed E-state index contributed by atoms with van der Waals surface area (Å²) in [7, 11) is 2.27. The molecule has 1 aliphatic heterocycles. The number of piperidine rings is 1. The molecule has 3 unspecified atom stereocenters. The van der Waals surface area contributed by atoms with Gasteiger partial charge in [-0.1, -0.05) is 43.2 Å². The number of carbonyl (C=O) groups excluding carboxylic acids is 1. The van der Waals surface area contributed by atoms with E-state index in [1.165, 1.54) is 5.56 Å². The molecule has 0 amide bonds. The number of aliphatic hydroxyl groups is 1. The maximum Gasteiger partial charge on any atom is 0.343 e. The van der Waals surface area contributed by atoms with E-state index in [-0.39, 0.29) is 12.0 Å². The number of quaternary nitrogens is 1. The van der Waals surface area contributed by atoms with E-state index in [9.17, 15) is 9.90 Å². The normalized spacial score (nSPS) is 25.9. The number of likely N-dealkylation sites (tertiary alicyclic amines) is 1. The van der Waals surface area contributed by atoms with Crippen LogP contribution in [0.25, 0.3) is 0 Å². The minimum atomic E-state index is -1.54. The molecule has 1 aromatic heterocycles. The Kier molecular flexibility index (Phi) is 7.27. The SMILES string of the molecule is C[N+]1(CCCc2ccncc2)CCCC(OC(=O)C(O)(c2ccccc2)C2CCCC2)C1. The maximum absolute atomic E-state index is 13.4. The Labute approximate surface area is 192 Å². The average Bonchev–Trinajstić information content (AvgIpc) is 3.35. The Morgan fingerprint density at radius 1 is 1.09 bits per heavy atom. The van der Waals surface area contributed by atoms with Crippen molar-refractivity contribution < 1.29 is 19.1 Å². The van der Waals surface area contributed by atoms with Gasteiger partial charge in [0.2, 0.25) is 0 Å². The Balaban J connectivity index is 1.40. The van der Waals surface area contributed by atoms with Crippen molar-refractivity contribution in [1.29, 1.82) is 0 Å².